The van der Waals surface area contributed by atoms with E-state index in [9.17, 15) is 14.4 Å². The van der Waals surface area contributed by atoms with Crippen molar-refractivity contribution in [2.75, 3.05) is 14.2 Å². The Balaban J connectivity index is 1.70. The van der Waals surface area contributed by atoms with Gasteiger partial charge in [0.05, 0.1) is 16.7 Å². The fourth-order valence-corrected chi connectivity index (χ4v) is 8.75. The number of methoxy groups -OCH3 is 2. The van der Waals surface area contributed by atoms with E-state index in [0.717, 1.165) is 0 Å². The Bertz CT molecular complexity index is 924. The Morgan fingerprint density at radius 1 is 1.00 bits per heavy atom. The van der Waals surface area contributed by atoms with Crippen LogP contribution >= 0.6 is 0 Å². The lowest BCUT2D eigenvalue weighted by Gasteiger charge is -2.47. The molecular formula is C22H28O9. The molecule has 9 heteroatoms. The quantitative estimate of drug-likeness (QED) is 0.462. The molecule has 0 aromatic rings. The maximum atomic E-state index is 13.7. The van der Waals surface area contributed by atoms with Gasteiger partial charge in [0.2, 0.25) is 11.9 Å². The summed E-state index contributed by atoms with van der Waals surface area (Å²) in [6.45, 7) is 8.00. The first-order chi connectivity index (χ1) is 14.5. The lowest BCUT2D eigenvalue weighted by molar-refractivity contribution is -0.244. The number of hydrogen-bond acceptors (Lipinski definition) is 9. The van der Waals surface area contributed by atoms with Gasteiger partial charge in [-0.15, -0.1) is 0 Å². The SMILES string of the molecule is CO[C@H]1C(=O)O[C@H]2OC34C(=O)OC5C[C@@H](C(C)(C)C)C21C53CC1OC(=O)[C@@H](C)[C@@]14OC. The molecule has 4 saturated heterocycles. The van der Waals surface area contributed by atoms with Gasteiger partial charge in [-0.3, -0.25) is 4.79 Å². The van der Waals surface area contributed by atoms with Gasteiger partial charge >= 0.3 is 17.9 Å². The van der Waals surface area contributed by atoms with Gasteiger partial charge in [0.15, 0.2) is 11.7 Å². The van der Waals surface area contributed by atoms with Crippen molar-refractivity contribution in [1.82, 2.24) is 0 Å². The van der Waals surface area contributed by atoms with Gasteiger partial charge in [0, 0.05) is 20.6 Å². The van der Waals surface area contributed by atoms with E-state index in [1.807, 2.05) is 0 Å². The Morgan fingerprint density at radius 2 is 1.71 bits per heavy atom. The molecule has 4 heterocycles. The largest absolute Gasteiger partial charge is 0.459 e. The highest BCUT2D eigenvalue weighted by Gasteiger charge is 3.01. The predicted octanol–water partition coefficient (Wildman–Crippen LogP) is 0.968. The first-order valence-electron chi connectivity index (χ1n) is 10.9. The summed E-state index contributed by atoms with van der Waals surface area (Å²) in [5, 5.41) is 0. The summed E-state index contributed by atoms with van der Waals surface area (Å²) in [5.74, 6) is -2.38. The third-order valence-electron chi connectivity index (χ3n) is 9.47. The standard InChI is InChI=1S/C22H28O9/c1-9-14(23)28-12-8-19-11-7-10(18(2,3)4)20(19)13(26-5)15(24)30-17(20)31-22(19,16(25)29-11)21(9,12)27-6/h9-13,17H,7-8H2,1-6H3/t9-,10+,11?,12?,13+,17+,19?,20?,21-,22?/m1/s1. The topological polar surface area (TPSA) is 107 Å². The molecule has 6 rings (SSSR count). The highest BCUT2D eigenvalue weighted by Crippen LogP contribution is 2.85. The Hall–Kier alpha value is -1.71. The molecule has 5 unspecified atom stereocenters. The Kier molecular flexibility index (Phi) is 3.38. The zero-order chi connectivity index (χ0) is 22.4. The number of fused-ring (bicyclic) bond motifs is 1. The van der Waals surface area contributed by atoms with Crippen LogP contribution < -0.4 is 0 Å². The second kappa shape index (κ2) is 5.26. The van der Waals surface area contributed by atoms with Crippen LogP contribution in [-0.2, 0) is 42.8 Å². The van der Waals surface area contributed by atoms with E-state index in [2.05, 4.69) is 20.8 Å². The molecule has 9 nitrogen and oxygen atoms in total. The third kappa shape index (κ3) is 1.55. The summed E-state index contributed by atoms with van der Waals surface area (Å²) in [7, 11) is 2.95. The molecule has 0 amide bonds. The third-order valence-corrected chi connectivity index (χ3v) is 9.47. The van der Waals surface area contributed by atoms with E-state index in [-0.39, 0.29) is 17.8 Å². The minimum atomic E-state index is -1.63. The molecule has 0 aromatic heterocycles. The number of ether oxygens (including phenoxy) is 6. The number of rotatable bonds is 2. The fourth-order valence-electron chi connectivity index (χ4n) is 8.75. The van der Waals surface area contributed by atoms with Gasteiger partial charge in [0.25, 0.3) is 0 Å². The van der Waals surface area contributed by atoms with Crippen LogP contribution in [0, 0.1) is 28.1 Å². The van der Waals surface area contributed by atoms with E-state index >= 15 is 0 Å². The molecule has 10 atom stereocenters. The maximum Gasteiger partial charge on any atom is 0.342 e. The molecule has 2 aliphatic carbocycles. The van der Waals surface area contributed by atoms with Crippen molar-refractivity contribution in [3.05, 3.63) is 0 Å². The second-order valence-corrected chi connectivity index (χ2v) is 11.0. The smallest absolute Gasteiger partial charge is 0.342 e. The van der Waals surface area contributed by atoms with Crippen molar-refractivity contribution < 1.29 is 42.8 Å². The molecule has 6 aliphatic rings. The maximum absolute atomic E-state index is 13.7. The highest BCUT2D eigenvalue weighted by molar-refractivity contribution is 5.93. The van der Waals surface area contributed by atoms with Crippen molar-refractivity contribution in [3.8, 4) is 0 Å². The summed E-state index contributed by atoms with van der Waals surface area (Å²) >= 11 is 0. The van der Waals surface area contributed by atoms with Gasteiger partial charge in [-0.25, -0.2) is 9.59 Å². The van der Waals surface area contributed by atoms with Crippen LogP contribution in [0.2, 0.25) is 0 Å². The number of carbonyl (C=O) groups is 3. The molecule has 0 radical (unpaired) electrons. The zero-order valence-corrected chi connectivity index (χ0v) is 18.6. The summed E-state index contributed by atoms with van der Waals surface area (Å²) < 4.78 is 35.9. The van der Waals surface area contributed by atoms with Crippen molar-refractivity contribution in [2.24, 2.45) is 28.1 Å². The van der Waals surface area contributed by atoms with Crippen LogP contribution in [0.15, 0.2) is 0 Å². The van der Waals surface area contributed by atoms with Crippen molar-refractivity contribution in [3.63, 3.8) is 0 Å². The van der Waals surface area contributed by atoms with Gasteiger partial charge < -0.3 is 28.4 Å². The summed E-state index contributed by atoms with van der Waals surface area (Å²) in [5.41, 5.74) is -5.23. The molecule has 2 spiro atoms. The van der Waals surface area contributed by atoms with E-state index in [4.69, 9.17) is 28.4 Å². The van der Waals surface area contributed by atoms with E-state index in [0.29, 0.717) is 6.42 Å². The summed E-state index contributed by atoms with van der Waals surface area (Å²) in [6.07, 6.45) is -2.32. The molecular weight excluding hydrogens is 408 g/mol. The lowest BCUT2D eigenvalue weighted by Crippen LogP contribution is -2.67. The van der Waals surface area contributed by atoms with Crippen molar-refractivity contribution in [1.29, 1.82) is 0 Å². The van der Waals surface area contributed by atoms with Crippen LogP contribution in [0.25, 0.3) is 0 Å². The monoisotopic (exact) mass is 436 g/mol. The van der Waals surface area contributed by atoms with E-state index in [1.54, 1.807) is 6.92 Å². The lowest BCUT2D eigenvalue weighted by atomic mass is 9.51. The minimum Gasteiger partial charge on any atom is -0.459 e. The average Bonchev–Trinajstić information content (AvgIpc) is 3.39. The average molecular weight is 436 g/mol. The second-order valence-electron chi connectivity index (χ2n) is 11.0. The molecule has 170 valence electrons. The van der Waals surface area contributed by atoms with E-state index < -0.39 is 70.5 Å². The van der Waals surface area contributed by atoms with Crippen LogP contribution in [0.3, 0.4) is 0 Å². The molecule has 6 fully saturated rings. The summed E-state index contributed by atoms with van der Waals surface area (Å²) in [4.78, 5) is 39.3. The predicted molar refractivity (Wildman–Crippen MR) is 100 cm³/mol. The van der Waals surface area contributed by atoms with Gasteiger partial charge in [-0.1, -0.05) is 20.8 Å². The van der Waals surface area contributed by atoms with Gasteiger partial charge in [-0.2, -0.15) is 0 Å². The molecule has 4 aliphatic heterocycles. The first kappa shape index (κ1) is 19.9. The molecule has 0 aromatic carbocycles. The van der Waals surface area contributed by atoms with Gasteiger partial charge in [0.1, 0.15) is 12.2 Å². The van der Waals surface area contributed by atoms with Crippen LogP contribution in [0.1, 0.15) is 40.5 Å². The number of carbonyl (C=O) groups excluding carboxylic acids is 3. The molecule has 2 saturated carbocycles. The normalized spacial score (nSPS) is 56.1. The molecule has 0 bridgehead atoms. The molecule has 0 N–H and O–H groups in total. The van der Waals surface area contributed by atoms with Crippen LogP contribution in [0.5, 0.6) is 0 Å². The Morgan fingerprint density at radius 3 is 2.32 bits per heavy atom. The fraction of sp³-hybridized carbons (Fsp3) is 0.864. The van der Waals surface area contributed by atoms with Crippen LogP contribution in [0.4, 0.5) is 0 Å². The van der Waals surface area contributed by atoms with Crippen LogP contribution in [-0.4, -0.2) is 67.9 Å². The summed E-state index contributed by atoms with van der Waals surface area (Å²) in [6, 6.07) is 0. The zero-order valence-electron chi connectivity index (χ0n) is 18.6. The van der Waals surface area contributed by atoms with Crippen molar-refractivity contribution >= 4 is 17.9 Å². The number of esters is 3. The van der Waals surface area contributed by atoms with Crippen molar-refractivity contribution in [2.45, 2.75) is 76.3 Å². The number of hydrogen-bond donors (Lipinski definition) is 0. The minimum absolute atomic E-state index is 0.111. The molecule has 31 heavy (non-hydrogen) atoms. The van der Waals surface area contributed by atoms with Gasteiger partial charge in [-0.05, 0) is 24.7 Å². The highest BCUT2D eigenvalue weighted by atomic mass is 16.8. The van der Waals surface area contributed by atoms with E-state index in [1.165, 1.54) is 14.2 Å². The first-order valence-corrected chi connectivity index (χ1v) is 10.9. The Labute approximate surface area is 180 Å².